The number of hydrogen-bond acceptors (Lipinski definition) is 2. The van der Waals surface area contributed by atoms with Gasteiger partial charge in [-0.25, -0.2) is 0 Å². The average Bonchev–Trinajstić information content (AvgIpc) is 2.36. The van der Waals surface area contributed by atoms with Crippen LogP contribution in [0.2, 0.25) is 0 Å². The lowest BCUT2D eigenvalue weighted by Crippen LogP contribution is -2.35. The summed E-state index contributed by atoms with van der Waals surface area (Å²) < 4.78 is 5.25. The summed E-state index contributed by atoms with van der Waals surface area (Å²) in [5, 5.41) is 7.07. The molecule has 0 aliphatic heterocycles. The van der Waals surface area contributed by atoms with Gasteiger partial charge in [0.15, 0.2) is 5.11 Å². The number of hydrogen-bond donors (Lipinski definition) is 2. The molecule has 0 unspecified atom stereocenters. The van der Waals surface area contributed by atoms with Crippen molar-refractivity contribution in [3.63, 3.8) is 0 Å². The van der Waals surface area contributed by atoms with Gasteiger partial charge in [-0.3, -0.25) is 0 Å². The van der Waals surface area contributed by atoms with E-state index in [0.717, 1.165) is 32.7 Å². The predicted molar refractivity (Wildman–Crippen MR) is 79.7 cm³/mol. The number of thiocarbonyl (C=S) groups is 1. The zero-order valence-corrected chi connectivity index (χ0v) is 12.0. The van der Waals surface area contributed by atoms with Crippen LogP contribution in [0.3, 0.4) is 0 Å². The van der Waals surface area contributed by atoms with E-state index in [0.29, 0.717) is 5.11 Å². The normalized spacial score (nSPS) is 10.1. The van der Waals surface area contributed by atoms with Crippen molar-refractivity contribution in [1.82, 2.24) is 10.6 Å². The number of nitrogens with one attached hydrogen (secondary N) is 2. The topological polar surface area (TPSA) is 33.3 Å². The first-order valence-corrected chi connectivity index (χ1v) is 6.78. The summed E-state index contributed by atoms with van der Waals surface area (Å²) in [5.41, 5.74) is 2.51. The van der Waals surface area contributed by atoms with Gasteiger partial charge >= 0.3 is 0 Å². The standard InChI is InChI=1S/C14H22N2OS/c1-3-17-9-5-8-15-14(18)16-11-13-7-4-6-12(2)10-13/h4,6-7,10H,3,5,8-9,11H2,1-2H3,(H2,15,16,18). The molecule has 0 bridgehead atoms. The minimum Gasteiger partial charge on any atom is -0.382 e. The molecule has 0 amide bonds. The highest BCUT2D eigenvalue weighted by Crippen LogP contribution is 2.02. The van der Waals surface area contributed by atoms with Crippen LogP contribution in [0.4, 0.5) is 0 Å². The Morgan fingerprint density at radius 3 is 2.89 bits per heavy atom. The van der Waals surface area contributed by atoms with Crippen molar-refractivity contribution < 1.29 is 4.74 Å². The Balaban J connectivity index is 2.13. The van der Waals surface area contributed by atoms with Crippen LogP contribution < -0.4 is 10.6 Å². The summed E-state index contributed by atoms with van der Waals surface area (Å²) in [6.07, 6.45) is 0.972. The fourth-order valence-electron chi connectivity index (χ4n) is 1.59. The van der Waals surface area contributed by atoms with Gasteiger partial charge in [0, 0.05) is 26.3 Å². The number of aryl methyl sites for hydroxylation is 1. The van der Waals surface area contributed by atoms with E-state index in [1.165, 1.54) is 11.1 Å². The summed E-state index contributed by atoms with van der Waals surface area (Å²) in [6, 6.07) is 8.40. The molecule has 0 fully saturated rings. The summed E-state index contributed by atoms with van der Waals surface area (Å²) in [5.74, 6) is 0. The number of rotatable bonds is 7. The Morgan fingerprint density at radius 1 is 1.33 bits per heavy atom. The van der Waals surface area contributed by atoms with Gasteiger partial charge < -0.3 is 15.4 Å². The van der Waals surface area contributed by atoms with Gasteiger partial charge in [0.05, 0.1) is 0 Å². The van der Waals surface area contributed by atoms with Gasteiger partial charge in [-0.05, 0) is 38.0 Å². The van der Waals surface area contributed by atoms with E-state index < -0.39 is 0 Å². The molecule has 0 aliphatic carbocycles. The van der Waals surface area contributed by atoms with Gasteiger partial charge in [-0.2, -0.15) is 0 Å². The van der Waals surface area contributed by atoms with Gasteiger partial charge in [0.1, 0.15) is 0 Å². The van der Waals surface area contributed by atoms with E-state index in [2.05, 4.69) is 41.8 Å². The molecule has 0 atom stereocenters. The third-order valence-electron chi connectivity index (χ3n) is 2.49. The largest absolute Gasteiger partial charge is 0.382 e. The third-order valence-corrected chi connectivity index (χ3v) is 2.78. The molecule has 0 saturated heterocycles. The average molecular weight is 266 g/mol. The zero-order chi connectivity index (χ0) is 13.2. The number of benzene rings is 1. The van der Waals surface area contributed by atoms with Crippen molar-refractivity contribution in [3.8, 4) is 0 Å². The van der Waals surface area contributed by atoms with E-state index >= 15 is 0 Å². The molecule has 1 rings (SSSR count). The van der Waals surface area contributed by atoms with Crippen molar-refractivity contribution in [2.24, 2.45) is 0 Å². The molecule has 2 N–H and O–H groups in total. The number of ether oxygens (including phenoxy) is 1. The Morgan fingerprint density at radius 2 is 2.17 bits per heavy atom. The second-order valence-electron chi connectivity index (χ2n) is 4.15. The lowest BCUT2D eigenvalue weighted by Gasteiger charge is -2.10. The molecule has 4 heteroatoms. The molecule has 0 saturated carbocycles. The van der Waals surface area contributed by atoms with Gasteiger partial charge in [-0.1, -0.05) is 29.8 Å². The van der Waals surface area contributed by atoms with Crippen molar-refractivity contribution >= 4 is 17.3 Å². The molecule has 0 spiro atoms. The maximum absolute atomic E-state index is 5.25. The van der Waals surface area contributed by atoms with Crippen molar-refractivity contribution in [2.45, 2.75) is 26.8 Å². The maximum atomic E-state index is 5.25. The summed E-state index contributed by atoms with van der Waals surface area (Å²) >= 11 is 5.20. The summed E-state index contributed by atoms with van der Waals surface area (Å²) in [7, 11) is 0. The van der Waals surface area contributed by atoms with Crippen LogP contribution in [0.25, 0.3) is 0 Å². The Bertz CT molecular complexity index is 369. The van der Waals surface area contributed by atoms with Gasteiger partial charge in [0.2, 0.25) is 0 Å². The Labute approximate surface area is 115 Å². The molecule has 18 heavy (non-hydrogen) atoms. The van der Waals surface area contributed by atoms with Crippen LogP contribution in [0.15, 0.2) is 24.3 Å². The quantitative estimate of drug-likeness (QED) is 0.586. The fraction of sp³-hybridized carbons (Fsp3) is 0.500. The summed E-state index contributed by atoms with van der Waals surface area (Å²) in [6.45, 7) is 7.26. The first-order valence-electron chi connectivity index (χ1n) is 6.37. The molecule has 0 radical (unpaired) electrons. The van der Waals surface area contributed by atoms with Crippen molar-refractivity contribution in [2.75, 3.05) is 19.8 Å². The van der Waals surface area contributed by atoms with E-state index in [1.54, 1.807) is 0 Å². The molecule has 0 heterocycles. The monoisotopic (exact) mass is 266 g/mol. The van der Waals surface area contributed by atoms with E-state index in [4.69, 9.17) is 17.0 Å². The van der Waals surface area contributed by atoms with Crippen LogP contribution in [0.5, 0.6) is 0 Å². The smallest absolute Gasteiger partial charge is 0.166 e. The fourth-order valence-corrected chi connectivity index (χ4v) is 1.76. The Hall–Kier alpha value is -1.13. The van der Waals surface area contributed by atoms with Crippen LogP contribution in [-0.4, -0.2) is 24.9 Å². The lowest BCUT2D eigenvalue weighted by molar-refractivity contribution is 0.145. The molecule has 1 aromatic carbocycles. The molecule has 1 aromatic rings. The molecular weight excluding hydrogens is 244 g/mol. The summed E-state index contributed by atoms with van der Waals surface area (Å²) in [4.78, 5) is 0. The molecule has 0 aromatic heterocycles. The second-order valence-corrected chi connectivity index (χ2v) is 4.56. The predicted octanol–water partition coefficient (Wildman–Crippen LogP) is 2.39. The zero-order valence-electron chi connectivity index (χ0n) is 11.2. The van der Waals surface area contributed by atoms with Crippen molar-refractivity contribution in [3.05, 3.63) is 35.4 Å². The highest BCUT2D eigenvalue weighted by atomic mass is 32.1. The highest BCUT2D eigenvalue weighted by Gasteiger charge is 1.96. The highest BCUT2D eigenvalue weighted by molar-refractivity contribution is 7.80. The molecule has 100 valence electrons. The third kappa shape index (κ3) is 6.57. The van der Waals surface area contributed by atoms with E-state index in [-0.39, 0.29) is 0 Å². The minimum atomic E-state index is 0.702. The second kappa shape index (κ2) is 8.89. The molecular formula is C14H22N2OS. The van der Waals surface area contributed by atoms with E-state index in [1.807, 2.05) is 6.92 Å². The van der Waals surface area contributed by atoms with Crippen LogP contribution in [0.1, 0.15) is 24.5 Å². The van der Waals surface area contributed by atoms with Crippen molar-refractivity contribution in [1.29, 1.82) is 0 Å². The first-order chi connectivity index (χ1) is 8.72. The molecule has 0 aliphatic rings. The van der Waals surface area contributed by atoms with Crippen LogP contribution in [0, 0.1) is 6.92 Å². The molecule has 3 nitrogen and oxygen atoms in total. The lowest BCUT2D eigenvalue weighted by atomic mass is 10.1. The minimum absolute atomic E-state index is 0.702. The van der Waals surface area contributed by atoms with Crippen LogP contribution in [-0.2, 0) is 11.3 Å². The van der Waals surface area contributed by atoms with Gasteiger partial charge in [-0.15, -0.1) is 0 Å². The van der Waals surface area contributed by atoms with E-state index in [9.17, 15) is 0 Å². The maximum Gasteiger partial charge on any atom is 0.166 e. The Kier molecular flexibility index (Phi) is 7.37. The SMILES string of the molecule is CCOCCCNC(=S)NCc1cccc(C)c1. The first kappa shape index (κ1) is 14.9. The van der Waals surface area contributed by atoms with Gasteiger partial charge in [0.25, 0.3) is 0 Å². The van der Waals surface area contributed by atoms with Crippen LogP contribution >= 0.6 is 12.2 Å².